The predicted molar refractivity (Wildman–Crippen MR) is 71.3 cm³/mol. The molecule has 20 heavy (non-hydrogen) atoms. The minimum atomic E-state index is -1.01. The molecule has 2 unspecified atom stereocenters. The van der Waals surface area contributed by atoms with E-state index in [0.29, 0.717) is 0 Å². The van der Waals surface area contributed by atoms with E-state index in [-0.39, 0.29) is 24.3 Å². The van der Waals surface area contributed by atoms with Gasteiger partial charge in [0.05, 0.1) is 0 Å². The molecule has 2 atom stereocenters. The van der Waals surface area contributed by atoms with Crippen molar-refractivity contribution in [3.63, 3.8) is 0 Å². The summed E-state index contributed by atoms with van der Waals surface area (Å²) in [5.74, 6) is -1.91. The number of aliphatic hydroxyl groups is 1. The lowest BCUT2D eigenvalue weighted by Crippen LogP contribution is -2.45. The number of nitrogens with one attached hydrogen (secondary N) is 2. The largest absolute Gasteiger partial charge is 0.396 e. The van der Waals surface area contributed by atoms with Gasteiger partial charge in [0.2, 0.25) is 0 Å². The summed E-state index contributed by atoms with van der Waals surface area (Å²) in [5.41, 5.74) is 0.192. The fraction of sp³-hybridized carbons (Fsp3) is 0.500. The molecule has 1 aliphatic rings. The Morgan fingerprint density at radius 3 is 2.70 bits per heavy atom. The van der Waals surface area contributed by atoms with Gasteiger partial charge in [0.1, 0.15) is 0 Å². The highest BCUT2D eigenvalue weighted by Crippen LogP contribution is 2.24. The van der Waals surface area contributed by atoms with Crippen molar-refractivity contribution in [3.05, 3.63) is 29.8 Å². The molecule has 0 saturated heterocycles. The van der Waals surface area contributed by atoms with Gasteiger partial charge in [0.15, 0.2) is 11.6 Å². The van der Waals surface area contributed by atoms with Crippen LogP contribution in [0, 0.1) is 17.6 Å². The van der Waals surface area contributed by atoms with Gasteiger partial charge in [-0.05, 0) is 25.0 Å². The van der Waals surface area contributed by atoms with Gasteiger partial charge in [-0.3, -0.25) is 0 Å². The fourth-order valence-corrected chi connectivity index (χ4v) is 2.53. The summed E-state index contributed by atoms with van der Waals surface area (Å²) in [6.07, 6.45) is 3.75. The van der Waals surface area contributed by atoms with Crippen LogP contribution in [0.3, 0.4) is 0 Å². The van der Waals surface area contributed by atoms with Crippen molar-refractivity contribution in [3.8, 4) is 0 Å². The van der Waals surface area contributed by atoms with Crippen molar-refractivity contribution >= 4 is 11.7 Å². The van der Waals surface area contributed by atoms with Gasteiger partial charge in [-0.25, -0.2) is 13.6 Å². The number of aliphatic hydroxyl groups excluding tert-OH is 1. The third kappa shape index (κ3) is 3.66. The quantitative estimate of drug-likeness (QED) is 0.799. The van der Waals surface area contributed by atoms with Crippen molar-refractivity contribution in [2.45, 2.75) is 31.7 Å². The number of carbonyl (C=O) groups excluding carboxylic acids is 1. The lowest BCUT2D eigenvalue weighted by Gasteiger charge is -2.30. The zero-order valence-electron chi connectivity index (χ0n) is 11.0. The summed E-state index contributed by atoms with van der Waals surface area (Å²) in [7, 11) is 0. The van der Waals surface area contributed by atoms with Crippen molar-refractivity contribution < 1.29 is 18.7 Å². The molecule has 1 saturated carbocycles. The summed E-state index contributed by atoms with van der Waals surface area (Å²) in [6, 6.07) is 2.63. The number of benzene rings is 1. The molecule has 0 heterocycles. The molecular formula is C14H18F2N2O2. The van der Waals surface area contributed by atoms with E-state index in [2.05, 4.69) is 10.6 Å². The van der Waals surface area contributed by atoms with E-state index < -0.39 is 17.7 Å². The maximum absolute atomic E-state index is 13.0. The van der Waals surface area contributed by atoms with Gasteiger partial charge in [0.25, 0.3) is 0 Å². The summed E-state index contributed by atoms with van der Waals surface area (Å²) >= 11 is 0. The number of carbonyl (C=O) groups is 1. The fourth-order valence-electron chi connectivity index (χ4n) is 2.53. The molecular weight excluding hydrogens is 266 g/mol. The highest BCUT2D eigenvalue weighted by atomic mass is 19.2. The number of rotatable bonds is 3. The van der Waals surface area contributed by atoms with Gasteiger partial charge >= 0.3 is 6.03 Å². The Labute approximate surface area is 116 Å². The number of hydrogen-bond acceptors (Lipinski definition) is 2. The van der Waals surface area contributed by atoms with Crippen molar-refractivity contribution in [1.29, 1.82) is 0 Å². The normalized spacial score (nSPS) is 22.4. The summed E-state index contributed by atoms with van der Waals surface area (Å²) < 4.78 is 25.8. The Morgan fingerprint density at radius 2 is 2.00 bits per heavy atom. The standard InChI is InChI=1S/C14H18F2N2O2/c15-11-6-5-10(7-12(11)16)17-14(20)18-13-4-2-1-3-9(13)8-19/h5-7,9,13,19H,1-4,8H2,(H2,17,18,20). The molecule has 0 aliphatic heterocycles. The van der Waals surface area contributed by atoms with Crippen LogP contribution in [-0.4, -0.2) is 23.8 Å². The molecule has 0 aromatic heterocycles. The summed E-state index contributed by atoms with van der Waals surface area (Å²) in [5, 5.41) is 14.5. The van der Waals surface area contributed by atoms with Crippen LogP contribution < -0.4 is 10.6 Å². The van der Waals surface area contributed by atoms with Crippen LogP contribution in [0.25, 0.3) is 0 Å². The van der Waals surface area contributed by atoms with E-state index in [9.17, 15) is 18.7 Å². The van der Waals surface area contributed by atoms with Crippen molar-refractivity contribution in [2.24, 2.45) is 5.92 Å². The number of halogens is 2. The van der Waals surface area contributed by atoms with E-state index >= 15 is 0 Å². The number of anilines is 1. The minimum absolute atomic E-state index is 0.0378. The van der Waals surface area contributed by atoms with Crippen molar-refractivity contribution in [2.75, 3.05) is 11.9 Å². The zero-order valence-corrected chi connectivity index (χ0v) is 11.0. The summed E-state index contributed by atoms with van der Waals surface area (Å²) in [6.45, 7) is 0.0378. The average Bonchev–Trinajstić information content (AvgIpc) is 2.43. The molecule has 1 aliphatic carbocycles. The maximum Gasteiger partial charge on any atom is 0.319 e. The van der Waals surface area contributed by atoms with Crippen LogP contribution in [0.1, 0.15) is 25.7 Å². The van der Waals surface area contributed by atoms with Gasteiger partial charge < -0.3 is 15.7 Å². The second-order valence-electron chi connectivity index (χ2n) is 5.06. The van der Waals surface area contributed by atoms with E-state index in [0.717, 1.165) is 37.8 Å². The van der Waals surface area contributed by atoms with Crippen LogP contribution in [-0.2, 0) is 0 Å². The highest BCUT2D eigenvalue weighted by Gasteiger charge is 2.25. The van der Waals surface area contributed by atoms with Gasteiger partial charge in [-0.15, -0.1) is 0 Å². The zero-order chi connectivity index (χ0) is 14.5. The van der Waals surface area contributed by atoms with E-state index in [1.54, 1.807) is 0 Å². The maximum atomic E-state index is 13.0. The SMILES string of the molecule is O=C(Nc1ccc(F)c(F)c1)NC1CCCCC1CO. The first-order chi connectivity index (χ1) is 9.60. The molecule has 0 bridgehead atoms. The average molecular weight is 284 g/mol. The second-order valence-corrected chi connectivity index (χ2v) is 5.06. The topological polar surface area (TPSA) is 61.4 Å². The first kappa shape index (κ1) is 14.7. The Morgan fingerprint density at radius 1 is 1.25 bits per heavy atom. The van der Waals surface area contributed by atoms with Crippen LogP contribution in [0.4, 0.5) is 19.3 Å². The van der Waals surface area contributed by atoms with Gasteiger partial charge in [-0.2, -0.15) is 0 Å². The smallest absolute Gasteiger partial charge is 0.319 e. The molecule has 1 aromatic carbocycles. The Balaban J connectivity index is 1.92. The molecule has 0 radical (unpaired) electrons. The first-order valence-corrected chi connectivity index (χ1v) is 6.73. The minimum Gasteiger partial charge on any atom is -0.396 e. The molecule has 3 N–H and O–H groups in total. The highest BCUT2D eigenvalue weighted by molar-refractivity contribution is 5.89. The predicted octanol–water partition coefficient (Wildman–Crippen LogP) is 2.64. The van der Waals surface area contributed by atoms with E-state index in [4.69, 9.17) is 0 Å². The monoisotopic (exact) mass is 284 g/mol. The number of urea groups is 1. The first-order valence-electron chi connectivity index (χ1n) is 6.73. The van der Waals surface area contributed by atoms with Crippen LogP contribution in [0.5, 0.6) is 0 Å². The van der Waals surface area contributed by atoms with E-state index in [1.807, 2.05) is 0 Å². The van der Waals surface area contributed by atoms with Crippen molar-refractivity contribution in [1.82, 2.24) is 5.32 Å². The lowest BCUT2D eigenvalue weighted by atomic mass is 9.85. The van der Waals surface area contributed by atoms with Gasteiger partial charge in [-0.1, -0.05) is 12.8 Å². The number of amides is 2. The molecule has 2 rings (SSSR count). The number of hydrogen-bond donors (Lipinski definition) is 3. The Bertz CT molecular complexity index is 482. The summed E-state index contributed by atoms with van der Waals surface area (Å²) in [4.78, 5) is 11.8. The Hall–Kier alpha value is -1.69. The molecule has 1 aromatic rings. The molecule has 4 nitrogen and oxygen atoms in total. The van der Waals surface area contributed by atoms with E-state index in [1.165, 1.54) is 6.07 Å². The third-order valence-electron chi connectivity index (χ3n) is 3.64. The molecule has 110 valence electrons. The lowest BCUT2D eigenvalue weighted by molar-refractivity contribution is 0.156. The molecule has 6 heteroatoms. The second kappa shape index (κ2) is 6.65. The van der Waals surface area contributed by atoms with Crippen LogP contribution in [0.15, 0.2) is 18.2 Å². The Kier molecular flexibility index (Phi) is 4.89. The molecule has 2 amide bonds. The third-order valence-corrected chi connectivity index (χ3v) is 3.64. The van der Waals surface area contributed by atoms with Gasteiger partial charge in [0, 0.05) is 30.3 Å². The van der Waals surface area contributed by atoms with Crippen LogP contribution >= 0.6 is 0 Å². The molecule has 0 spiro atoms. The van der Waals surface area contributed by atoms with Crippen LogP contribution in [0.2, 0.25) is 0 Å². The molecule has 1 fully saturated rings.